The number of aromatic nitrogens is 3. The van der Waals surface area contributed by atoms with Gasteiger partial charge in [-0.2, -0.15) is 5.10 Å². The Morgan fingerprint density at radius 2 is 2.25 bits per heavy atom. The summed E-state index contributed by atoms with van der Waals surface area (Å²) in [6.45, 7) is 2.61. The van der Waals surface area contributed by atoms with Crippen molar-refractivity contribution in [2.45, 2.75) is 44.3 Å². The van der Waals surface area contributed by atoms with Crippen molar-refractivity contribution in [1.82, 2.24) is 25.0 Å². The first-order valence-electron chi connectivity index (χ1n) is 8.77. The van der Waals surface area contributed by atoms with E-state index in [1.54, 1.807) is 6.20 Å². The van der Waals surface area contributed by atoms with Gasteiger partial charge in [-0.3, -0.25) is 14.5 Å². The third-order valence-electron chi connectivity index (χ3n) is 4.80. The van der Waals surface area contributed by atoms with E-state index >= 15 is 0 Å². The maximum absolute atomic E-state index is 12.9. The van der Waals surface area contributed by atoms with Crippen LogP contribution < -0.4 is 5.32 Å². The van der Waals surface area contributed by atoms with E-state index in [4.69, 9.17) is 0 Å². The predicted octanol–water partition coefficient (Wildman–Crippen LogP) is 2.01. The highest BCUT2D eigenvalue weighted by atomic mass is 16.2. The average Bonchev–Trinajstić information content (AvgIpc) is 3.36. The molecule has 0 bridgehead atoms. The zero-order valence-corrected chi connectivity index (χ0v) is 13.8. The Morgan fingerprint density at radius 1 is 1.33 bits per heavy atom. The minimum absolute atomic E-state index is 0.0314. The van der Waals surface area contributed by atoms with Gasteiger partial charge in [0.1, 0.15) is 5.69 Å². The highest BCUT2D eigenvalue weighted by Crippen LogP contribution is 2.29. The molecule has 3 heterocycles. The van der Waals surface area contributed by atoms with Crippen LogP contribution in [0.1, 0.15) is 47.8 Å². The fourth-order valence-electron chi connectivity index (χ4n) is 3.30. The van der Waals surface area contributed by atoms with Crippen LogP contribution in [0.4, 0.5) is 0 Å². The van der Waals surface area contributed by atoms with Gasteiger partial charge in [-0.05, 0) is 49.9 Å². The van der Waals surface area contributed by atoms with Crippen LogP contribution in [0.3, 0.4) is 0 Å². The molecule has 2 aliphatic rings. The molecular weight excluding hydrogens is 302 g/mol. The topological polar surface area (TPSA) is 63.1 Å². The Bertz CT molecular complexity index is 688. The quantitative estimate of drug-likeness (QED) is 0.913. The van der Waals surface area contributed by atoms with Crippen molar-refractivity contribution in [3.63, 3.8) is 0 Å². The summed E-state index contributed by atoms with van der Waals surface area (Å²) in [5.74, 6) is 0.0314. The van der Waals surface area contributed by atoms with Crippen LogP contribution >= 0.6 is 0 Å². The van der Waals surface area contributed by atoms with Gasteiger partial charge in [0.25, 0.3) is 5.91 Å². The van der Waals surface area contributed by atoms with Gasteiger partial charge in [-0.15, -0.1) is 0 Å². The number of hydrogen-bond donors (Lipinski definition) is 1. The Kier molecular flexibility index (Phi) is 4.30. The summed E-state index contributed by atoms with van der Waals surface area (Å²) in [6, 6.07) is 6.49. The lowest BCUT2D eigenvalue weighted by Crippen LogP contribution is -2.34. The Balaban J connectivity index is 1.49. The molecule has 1 amide bonds. The Morgan fingerprint density at radius 3 is 2.96 bits per heavy atom. The standard InChI is InChI=1S/C18H23N5O/c24-18(17-7-10-23(21-17)16-4-2-9-20-12-16)22(15-5-6-15)13-14-3-1-8-19-11-14/h1,3,7-8,10-11,15-16,20H,2,4-6,9,12-13H2. The SMILES string of the molecule is O=C(c1ccn(C2CCCNC2)n1)N(Cc1cccnc1)C1CC1. The van der Waals surface area contributed by atoms with Crippen molar-refractivity contribution in [3.05, 3.63) is 48.0 Å². The number of piperidine rings is 1. The van der Waals surface area contributed by atoms with E-state index < -0.39 is 0 Å². The lowest BCUT2D eigenvalue weighted by atomic mass is 10.1. The van der Waals surface area contributed by atoms with Gasteiger partial charge in [-0.1, -0.05) is 6.07 Å². The highest BCUT2D eigenvalue weighted by molar-refractivity contribution is 5.92. The molecule has 1 N–H and O–H groups in total. The third kappa shape index (κ3) is 3.33. The number of nitrogens with one attached hydrogen (secondary N) is 1. The molecule has 4 rings (SSSR count). The van der Waals surface area contributed by atoms with E-state index in [0.29, 0.717) is 24.3 Å². The van der Waals surface area contributed by atoms with Gasteiger partial charge in [0, 0.05) is 37.7 Å². The summed E-state index contributed by atoms with van der Waals surface area (Å²) < 4.78 is 1.95. The summed E-state index contributed by atoms with van der Waals surface area (Å²) in [5.41, 5.74) is 1.62. The molecule has 1 saturated carbocycles. The van der Waals surface area contributed by atoms with Gasteiger partial charge in [-0.25, -0.2) is 0 Å². The van der Waals surface area contributed by atoms with Crippen molar-refractivity contribution in [1.29, 1.82) is 0 Å². The molecule has 6 nitrogen and oxygen atoms in total. The van der Waals surface area contributed by atoms with Gasteiger partial charge in [0.05, 0.1) is 6.04 Å². The summed E-state index contributed by atoms with van der Waals surface area (Å²) in [7, 11) is 0. The number of hydrogen-bond acceptors (Lipinski definition) is 4. The van der Waals surface area contributed by atoms with Crippen molar-refractivity contribution in [2.75, 3.05) is 13.1 Å². The number of nitrogens with zero attached hydrogens (tertiary/aromatic N) is 4. The molecule has 24 heavy (non-hydrogen) atoms. The van der Waals surface area contributed by atoms with Crippen LogP contribution in [-0.2, 0) is 6.54 Å². The first-order chi connectivity index (χ1) is 11.8. The zero-order chi connectivity index (χ0) is 16.4. The fraction of sp³-hybridized carbons (Fsp3) is 0.500. The van der Waals surface area contributed by atoms with Crippen LogP contribution in [0.5, 0.6) is 0 Å². The summed E-state index contributed by atoms with van der Waals surface area (Å²) in [6.07, 6.45) is 9.97. The molecule has 2 fully saturated rings. The Hall–Kier alpha value is -2.21. The van der Waals surface area contributed by atoms with E-state index in [2.05, 4.69) is 15.4 Å². The largest absolute Gasteiger partial charge is 0.330 e. The summed E-state index contributed by atoms with van der Waals surface area (Å²) in [5, 5.41) is 7.97. The molecule has 6 heteroatoms. The molecular formula is C18H23N5O. The lowest BCUT2D eigenvalue weighted by molar-refractivity contribution is 0.0722. The number of carbonyl (C=O) groups is 1. The summed E-state index contributed by atoms with van der Waals surface area (Å²) >= 11 is 0. The molecule has 1 aliphatic carbocycles. The highest BCUT2D eigenvalue weighted by Gasteiger charge is 2.34. The fourth-order valence-corrected chi connectivity index (χ4v) is 3.30. The first-order valence-corrected chi connectivity index (χ1v) is 8.77. The molecule has 1 saturated heterocycles. The second-order valence-corrected chi connectivity index (χ2v) is 6.71. The van der Waals surface area contributed by atoms with E-state index in [0.717, 1.165) is 44.3 Å². The van der Waals surface area contributed by atoms with Crippen molar-refractivity contribution < 1.29 is 4.79 Å². The number of carbonyl (C=O) groups excluding carboxylic acids is 1. The van der Waals surface area contributed by atoms with Crippen molar-refractivity contribution >= 4 is 5.91 Å². The normalized spacial score (nSPS) is 20.8. The molecule has 126 valence electrons. The van der Waals surface area contributed by atoms with Gasteiger partial charge in [0.15, 0.2) is 0 Å². The minimum Gasteiger partial charge on any atom is -0.330 e. The molecule has 1 atom stereocenters. The smallest absolute Gasteiger partial charge is 0.274 e. The maximum Gasteiger partial charge on any atom is 0.274 e. The third-order valence-corrected chi connectivity index (χ3v) is 4.80. The molecule has 0 aromatic carbocycles. The van der Waals surface area contributed by atoms with E-state index in [-0.39, 0.29) is 5.91 Å². The van der Waals surface area contributed by atoms with Crippen molar-refractivity contribution in [3.8, 4) is 0 Å². The van der Waals surface area contributed by atoms with Crippen LogP contribution in [-0.4, -0.2) is 44.7 Å². The second kappa shape index (κ2) is 6.73. The maximum atomic E-state index is 12.9. The number of pyridine rings is 1. The average molecular weight is 325 g/mol. The zero-order valence-electron chi connectivity index (χ0n) is 13.8. The molecule has 0 radical (unpaired) electrons. The van der Waals surface area contributed by atoms with E-state index in [9.17, 15) is 4.79 Å². The first kappa shape index (κ1) is 15.3. The van der Waals surface area contributed by atoms with Gasteiger partial charge >= 0.3 is 0 Å². The second-order valence-electron chi connectivity index (χ2n) is 6.71. The van der Waals surface area contributed by atoms with Crippen molar-refractivity contribution in [2.24, 2.45) is 0 Å². The van der Waals surface area contributed by atoms with Crippen LogP contribution in [0.2, 0.25) is 0 Å². The van der Waals surface area contributed by atoms with Gasteiger partial charge < -0.3 is 10.2 Å². The van der Waals surface area contributed by atoms with Crippen LogP contribution in [0, 0.1) is 0 Å². The van der Waals surface area contributed by atoms with E-state index in [1.807, 2.05) is 40.2 Å². The van der Waals surface area contributed by atoms with Crippen LogP contribution in [0.25, 0.3) is 0 Å². The molecule has 2 aromatic rings. The minimum atomic E-state index is 0.0314. The predicted molar refractivity (Wildman–Crippen MR) is 90.5 cm³/mol. The Labute approximate surface area is 141 Å². The molecule has 2 aromatic heterocycles. The number of rotatable bonds is 5. The summed E-state index contributed by atoms with van der Waals surface area (Å²) in [4.78, 5) is 19.0. The van der Waals surface area contributed by atoms with E-state index in [1.165, 1.54) is 0 Å². The molecule has 1 aliphatic heterocycles. The monoisotopic (exact) mass is 325 g/mol. The lowest BCUT2D eigenvalue weighted by Gasteiger charge is -2.23. The van der Waals surface area contributed by atoms with Crippen LogP contribution in [0.15, 0.2) is 36.8 Å². The number of amides is 1. The van der Waals surface area contributed by atoms with Gasteiger partial charge in [0.2, 0.25) is 0 Å². The molecule has 1 unspecified atom stereocenters. The molecule has 0 spiro atoms.